The van der Waals surface area contributed by atoms with E-state index in [2.05, 4.69) is 27.4 Å². The molecule has 0 spiro atoms. The second-order valence-electron chi connectivity index (χ2n) is 9.03. The lowest BCUT2D eigenvalue weighted by atomic mass is 9.98. The molecule has 2 fully saturated rings. The third-order valence-electron chi connectivity index (χ3n) is 6.49. The summed E-state index contributed by atoms with van der Waals surface area (Å²) in [5.41, 5.74) is 3.27. The molecule has 4 rings (SSSR count). The molecule has 7 nitrogen and oxygen atoms in total. The largest absolute Gasteiger partial charge is 0.357 e. The smallest absolute Gasteiger partial charge is 0.319 e. The molecule has 1 aromatic carbocycles. The van der Waals surface area contributed by atoms with Gasteiger partial charge in [-0.2, -0.15) is 0 Å². The molecule has 2 aromatic rings. The Kier molecular flexibility index (Phi) is 6.93. The molecular weight excluding hydrogens is 402 g/mol. The highest BCUT2D eigenvalue weighted by Crippen LogP contribution is 2.22. The van der Waals surface area contributed by atoms with E-state index in [-0.39, 0.29) is 11.9 Å². The van der Waals surface area contributed by atoms with Crippen LogP contribution >= 0.6 is 0 Å². The van der Waals surface area contributed by atoms with Crippen LogP contribution in [0, 0.1) is 12.8 Å². The molecule has 0 radical (unpaired) electrons. The number of amides is 3. The van der Waals surface area contributed by atoms with Crippen LogP contribution in [0.15, 0.2) is 36.5 Å². The number of rotatable bonds is 5. The van der Waals surface area contributed by atoms with E-state index in [9.17, 15) is 9.59 Å². The molecule has 2 saturated heterocycles. The lowest BCUT2D eigenvalue weighted by molar-refractivity contribution is 0.0697. The molecule has 2 aliphatic rings. The molecular formula is C25H33N5O2. The number of urea groups is 1. The van der Waals surface area contributed by atoms with Crippen LogP contribution in [0.3, 0.4) is 0 Å². The van der Waals surface area contributed by atoms with Crippen molar-refractivity contribution in [3.63, 3.8) is 0 Å². The molecule has 2 aliphatic heterocycles. The maximum atomic E-state index is 12.8. The molecule has 0 atom stereocenters. The number of carbonyl (C=O) groups excluding carboxylic acids is 2. The number of aryl methyl sites for hydroxylation is 1. The molecule has 0 aliphatic carbocycles. The van der Waals surface area contributed by atoms with Crippen molar-refractivity contribution in [1.82, 2.24) is 15.2 Å². The number of nitrogens with zero attached hydrogens (tertiary/aromatic N) is 3. The fourth-order valence-electron chi connectivity index (χ4n) is 4.37. The second kappa shape index (κ2) is 10.0. The predicted octanol–water partition coefficient (Wildman–Crippen LogP) is 4.18. The number of nitrogens with one attached hydrogen (secondary N) is 2. The summed E-state index contributed by atoms with van der Waals surface area (Å²) in [7, 11) is 0. The highest BCUT2D eigenvalue weighted by molar-refractivity contribution is 5.96. The second-order valence-corrected chi connectivity index (χ2v) is 9.03. The zero-order valence-electron chi connectivity index (χ0n) is 19.1. The molecule has 3 heterocycles. The Morgan fingerprint density at radius 1 is 1.06 bits per heavy atom. The van der Waals surface area contributed by atoms with Crippen LogP contribution in [0.25, 0.3) is 0 Å². The van der Waals surface area contributed by atoms with Crippen LogP contribution in [0.1, 0.15) is 54.1 Å². The molecule has 32 heavy (non-hydrogen) atoms. The summed E-state index contributed by atoms with van der Waals surface area (Å²) in [4.78, 5) is 33.9. The number of hydrogen-bond acceptors (Lipinski definition) is 4. The van der Waals surface area contributed by atoms with E-state index in [1.165, 1.54) is 12.8 Å². The van der Waals surface area contributed by atoms with Gasteiger partial charge >= 0.3 is 6.03 Å². The number of pyridine rings is 1. The fraction of sp³-hybridized carbons (Fsp3) is 0.480. The van der Waals surface area contributed by atoms with E-state index in [1.807, 2.05) is 36.1 Å². The highest BCUT2D eigenvalue weighted by Gasteiger charge is 2.22. The van der Waals surface area contributed by atoms with Crippen LogP contribution in [-0.4, -0.2) is 48.0 Å². The summed E-state index contributed by atoms with van der Waals surface area (Å²) in [6.07, 6.45) is 6.32. The minimum absolute atomic E-state index is 0.0718. The molecule has 1 aromatic heterocycles. The first-order valence-electron chi connectivity index (χ1n) is 11.6. The van der Waals surface area contributed by atoms with Crippen molar-refractivity contribution in [3.05, 3.63) is 53.2 Å². The zero-order chi connectivity index (χ0) is 22.5. The third kappa shape index (κ3) is 5.39. The van der Waals surface area contributed by atoms with Gasteiger partial charge in [0.25, 0.3) is 5.91 Å². The topological polar surface area (TPSA) is 77.6 Å². The quantitative estimate of drug-likeness (QED) is 0.738. The summed E-state index contributed by atoms with van der Waals surface area (Å²) in [5, 5.41) is 5.81. The van der Waals surface area contributed by atoms with Crippen LogP contribution < -0.4 is 15.5 Å². The molecule has 2 N–H and O–H groups in total. The Morgan fingerprint density at radius 3 is 2.53 bits per heavy atom. The van der Waals surface area contributed by atoms with E-state index in [1.54, 1.807) is 12.3 Å². The van der Waals surface area contributed by atoms with Gasteiger partial charge in [0.15, 0.2) is 0 Å². The van der Waals surface area contributed by atoms with Gasteiger partial charge in [-0.1, -0.05) is 6.92 Å². The minimum Gasteiger partial charge on any atom is -0.357 e. The molecule has 7 heteroatoms. The number of hydrogen-bond donors (Lipinski definition) is 2. The average molecular weight is 436 g/mol. The average Bonchev–Trinajstić information content (AvgIpc) is 3.34. The maximum absolute atomic E-state index is 12.8. The number of aromatic nitrogens is 1. The maximum Gasteiger partial charge on any atom is 0.319 e. The number of piperidine rings is 1. The first kappa shape index (κ1) is 22.1. The molecule has 170 valence electrons. The zero-order valence-corrected chi connectivity index (χ0v) is 19.1. The molecule has 3 amide bonds. The van der Waals surface area contributed by atoms with Crippen molar-refractivity contribution in [2.45, 2.75) is 46.1 Å². The third-order valence-corrected chi connectivity index (χ3v) is 6.49. The Bertz CT molecular complexity index is 963. The number of benzene rings is 1. The lowest BCUT2D eigenvalue weighted by Gasteiger charge is -2.30. The highest BCUT2D eigenvalue weighted by atomic mass is 16.2. The van der Waals surface area contributed by atoms with Gasteiger partial charge < -0.3 is 20.4 Å². The number of likely N-dealkylation sites (tertiary alicyclic amines) is 1. The lowest BCUT2D eigenvalue weighted by Crippen LogP contribution is -2.37. The van der Waals surface area contributed by atoms with Gasteiger partial charge in [-0.3, -0.25) is 4.79 Å². The van der Waals surface area contributed by atoms with E-state index >= 15 is 0 Å². The van der Waals surface area contributed by atoms with E-state index in [0.29, 0.717) is 23.7 Å². The summed E-state index contributed by atoms with van der Waals surface area (Å²) in [5.74, 6) is 1.73. The Hall–Kier alpha value is -3.09. The number of carbonyl (C=O) groups is 2. The normalized spacial score (nSPS) is 16.8. The van der Waals surface area contributed by atoms with Gasteiger partial charge in [0.1, 0.15) is 5.82 Å². The summed E-state index contributed by atoms with van der Waals surface area (Å²) in [6, 6.07) is 9.17. The van der Waals surface area contributed by atoms with E-state index in [0.717, 1.165) is 56.0 Å². The molecule has 0 bridgehead atoms. The first-order chi connectivity index (χ1) is 15.5. The van der Waals surface area contributed by atoms with Crippen LogP contribution in [0.2, 0.25) is 0 Å². The van der Waals surface area contributed by atoms with Crippen molar-refractivity contribution in [2.24, 2.45) is 5.92 Å². The predicted molar refractivity (Wildman–Crippen MR) is 127 cm³/mol. The van der Waals surface area contributed by atoms with Crippen molar-refractivity contribution in [2.75, 3.05) is 36.4 Å². The van der Waals surface area contributed by atoms with Crippen LogP contribution in [-0.2, 0) is 6.54 Å². The minimum atomic E-state index is -0.267. The van der Waals surface area contributed by atoms with Gasteiger partial charge in [-0.05, 0) is 80.0 Å². The van der Waals surface area contributed by atoms with Crippen LogP contribution in [0.4, 0.5) is 16.3 Å². The molecule has 0 saturated carbocycles. The standard InChI is InChI=1S/C25H33N5O2/c1-18-8-13-30(14-9-18)24(31)21-5-6-22(19(2)15-21)28-25(32)27-17-20-7-10-26-23(16-20)29-11-3-4-12-29/h5-7,10,15-16,18H,3-4,8-9,11-14,17H2,1-2H3,(H2,27,28,32). The molecule has 0 unspecified atom stereocenters. The fourth-order valence-corrected chi connectivity index (χ4v) is 4.37. The van der Waals surface area contributed by atoms with E-state index in [4.69, 9.17) is 0 Å². The van der Waals surface area contributed by atoms with Gasteiger partial charge in [-0.25, -0.2) is 9.78 Å². The monoisotopic (exact) mass is 435 g/mol. The van der Waals surface area contributed by atoms with E-state index < -0.39 is 0 Å². The van der Waals surface area contributed by atoms with Gasteiger partial charge in [-0.15, -0.1) is 0 Å². The summed E-state index contributed by atoms with van der Waals surface area (Å²) < 4.78 is 0. The van der Waals surface area contributed by atoms with Gasteiger partial charge in [0.05, 0.1) is 0 Å². The van der Waals surface area contributed by atoms with Crippen molar-refractivity contribution < 1.29 is 9.59 Å². The first-order valence-corrected chi connectivity index (χ1v) is 11.6. The van der Waals surface area contributed by atoms with Crippen molar-refractivity contribution in [3.8, 4) is 0 Å². The Labute approximate surface area is 190 Å². The Morgan fingerprint density at radius 2 is 1.81 bits per heavy atom. The van der Waals surface area contributed by atoms with Gasteiger partial charge in [0.2, 0.25) is 0 Å². The SMILES string of the molecule is Cc1cc(C(=O)N2CCC(C)CC2)ccc1NC(=O)NCc1ccnc(N2CCCC2)c1. The van der Waals surface area contributed by atoms with Crippen molar-refractivity contribution >= 4 is 23.4 Å². The van der Waals surface area contributed by atoms with Crippen LogP contribution in [0.5, 0.6) is 0 Å². The number of anilines is 2. The summed E-state index contributed by atoms with van der Waals surface area (Å²) >= 11 is 0. The van der Waals surface area contributed by atoms with Crippen molar-refractivity contribution in [1.29, 1.82) is 0 Å². The Balaban J connectivity index is 1.31. The van der Waals surface area contributed by atoms with Gasteiger partial charge in [0, 0.05) is 50.2 Å². The summed E-state index contributed by atoms with van der Waals surface area (Å²) in [6.45, 7) is 8.29.